The van der Waals surface area contributed by atoms with E-state index in [0.29, 0.717) is 5.75 Å². The minimum absolute atomic E-state index is 0.265. The highest BCUT2D eigenvalue weighted by atomic mass is 79.9. The maximum Gasteiger partial charge on any atom is 0.307 e. The molecule has 0 amide bonds. The number of hydrogen-bond donors (Lipinski definition) is 1. The van der Waals surface area contributed by atoms with Crippen LogP contribution in [0.5, 0.6) is 0 Å². The molecule has 1 unspecified atom stereocenters. The first-order valence-electron chi connectivity index (χ1n) is 4.13. The molecule has 0 aliphatic heterocycles. The summed E-state index contributed by atoms with van der Waals surface area (Å²) in [4.78, 5) is 11.8. The van der Waals surface area contributed by atoms with Crippen molar-refractivity contribution in [1.29, 1.82) is 0 Å². The van der Waals surface area contributed by atoms with Gasteiger partial charge in [-0.25, -0.2) is 0 Å². The van der Waals surface area contributed by atoms with Gasteiger partial charge in [-0.05, 0) is 27.4 Å². The fourth-order valence-electron chi connectivity index (χ4n) is 0.828. The third-order valence-corrected chi connectivity index (χ3v) is 5.05. The van der Waals surface area contributed by atoms with Crippen molar-refractivity contribution in [3.05, 3.63) is 20.8 Å². The molecular weight excluding hydrogens is 284 g/mol. The van der Waals surface area contributed by atoms with Gasteiger partial charge in [0.2, 0.25) is 0 Å². The molecule has 2 nitrogen and oxygen atoms in total. The van der Waals surface area contributed by atoms with Gasteiger partial charge in [-0.2, -0.15) is 11.8 Å². The molecule has 0 saturated heterocycles. The minimum Gasteiger partial charge on any atom is -0.481 e. The van der Waals surface area contributed by atoms with E-state index in [0.717, 1.165) is 10.2 Å². The van der Waals surface area contributed by atoms with Crippen LogP contribution in [0.2, 0.25) is 0 Å². The fourth-order valence-corrected chi connectivity index (χ4v) is 3.77. The lowest BCUT2D eigenvalue weighted by Gasteiger charge is -2.04. The second-order valence-electron chi connectivity index (χ2n) is 2.95. The molecule has 0 aromatic carbocycles. The molecular formula is C9H11BrO2S2. The molecule has 0 aliphatic carbocycles. The molecule has 1 rings (SSSR count). The molecule has 0 fully saturated rings. The Hall–Kier alpha value is -0.000000000000000111. The number of hydrogen-bond acceptors (Lipinski definition) is 3. The summed E-state index contributed by atoms with van der Waals surface area (Å²) in [7, 11) is 0. The van der Waals surface area contributed by atoms with Crippen LogP contribution in [0.3, 0.4) is 0 Å². The van der Waals surface area contributed by atoms with Gasteiger partial charge in [-0.3, -0.25) is 4.79 Å². The van der Waals surface area contributed by atoms with Crippen LogP contribution < -0.4 is 0 Å². The molecule has 0 bridgehead atoms. The highest BCUT2D eigenvalue weighted by molar-refractivity contribution is 9.10. The molecule has 1 atom stereocenters. The van der Waals surface area contributed by atoms with Crippen molar-refractivity contribution < 1.29 is 9.90 Å². The number of carboxylic acid groups (broad SMARTS) is 1. The Kier molecular flexibility index (Phi) is 4.98. The first-order chi connectivity index (χ1) is 6.61. The van der Waals surface area contributed by atoms with Crippen LogP contribution in [-0.4, -0.2) is 16.8 Å². The minimum atomic E-state index is -0.720. The Bertz CT molecular complexity index is 312. The molecule has 14 heavy (non-hydrogen) atoms. The van der Waals surface area contributed by atoms with E-state index in [9.17, 15) is 4.79 Å². The fraction of sp³-hybridized carbons (Fsp3) is 0.444. The van der Waals surface area contributed by atoms with Gasteiger partial charge in [-0.15, -0.1) is 11.3 Å². The molecule has 5 heteroatoms. The summed E-state index contributed by atoms with van der Waals surface area (Å²) < 4.78 is 1.12. The number of rotatable bonds is 5. The second kappa shape index (κ2) is 5.78. The van der Waals surface area contributed by atoms with Gasteiger partial charge in [0.15, 0.2) is 0 Å². The van der Waals surface area contributed by atoms with Gasteiger partial charge in [0.25, 0.3) is 0 Å². The van der Waals surface area contributed by atoms with E-state index in [2.05, 4.69) is 15.9 Å². The average Bonchev–Trinajstić information content (AvgIpc) is 2.51. The zero-order valence-electron chi connectivity index (χ0n) is 7.70. The Morgan fingerprint density at radius 3 is 3.00 bits per heavy atom. The summed E-state index contributed by atoms with van der Waals surface area (Å²) >= 11 is 6.80. The molecule has 0 radical (unpaired) electrons. The van der Waals surface area contributed by atoms with Gasteiger partial charge in [-0.1, -0.05) is 6.92 Å². The first kappa shape index (κ1) is 12.1. The van der Waals surface area contributed by atoms with Crippen molar-refractivity contribution in [3.8, 4) is 0 Å². The lowest BCUT2D eigenvalue weighted by molar-refractivity contribution is -0.140. The van der Waals surface area contributed by atoms with E-state index in [-0.39, 0.29) is 5.92 Å². The summed E-state index contributed by atoms with van der Waals surface area (Å²) in [6.07, 6.45) is 0. The highest BCUT2D eigenvalue weighted by Gasteiger charge is 2.11. The van der Waals surface area contributed by atoms with E-state index in [1.165, 1.54) is 4.88 Å². The number of thioether (sulfide) groups is 1. The van der Waals surface area contributed by atoms with Crippen LogP contribution in [0.4, 0.5) is 0 Å². The van der Waals surface area contributed by atoms with Crippen LogP contribution in [-0.2, 0) is 10.5 Å². The molecule has 1 N–H and O–H groups in total. The van der Waals surface area contributed by atoms with Crippen molar-refractivity contribution in [3.63, 3.8) is 0 Å². The third-order valence-electron chi connectivity index (χ3n) is 1.71. The van der Waals surface area contributed by atoms with Crippen LogP contribution in [0.25, 0.3) is 0 Å². The molecule has 0 saturated carbocycles. The van der Waals surface area contributed by atoms with Crippen molar-refractivity contribution in [1.82, 2.24) is 0 Å². The smallest absolute Gasteiger partial charge is 0.307 e. The molecule has 0 aliphatic rings. The lowest BCUT2D eigenvalue weighted by Crippen LogP contribution is -2.11. The molecule has 1 aromatic rings. The summed E-state index contributed by atoms with van der Waals surface area (Å²) in [6, 6.07) is 2.02. The Labute approximate surface area is 99.8 Å². The molecule has 78 valence electrons. The zero-order chi connectivity index (χ0) is 10.6. The van der Waals surface area contributed by atoms with E-state index in [4.69, 9.17) is 5.11 Å². The Morgan fingerprint density at radius 2 is 2.50 bits per heavy atom. The number of carbonyl (C=O) groups is 1. The SMILES string of the molecule is CC(CSCc1sccc1Br)C(=O)O. The van der Waals surface area contributed by atoms with Gasteiger partial charge < -0.3 is 5.11 Å². The second-order valence-corrected chi connectivity index (χ2v) is 5.83. The number of halogens is 1. The molecule has 1 heterocycles. The normalized spacial score (nSPS) is 12.7. The van der Waals surface area contributed by atoms with Crippen molar-refractivity contribution >= 4 is 45.0 Å². The van der Waals surface area contributed by atoms with Crippen LogP contribution in [0.1, 0.15) is 11.8 Å². The first-order valence-corrected chi connectivity index (χ1v) is 6.96. The summed E-state index contributed by atoms with van der Waals surface area (Å²) in [6.45, 7) is 1.73. The van der Waals surface area contributed by atoms with Crippen LogP contribution >= 0.6 is 39.0 Å². The van der Waals surface area contributed by atoms with Gasteiger partial charge >= 0.3 is 5.97 Å². The Balaban J connectivity index is 2.29. The predicted octanol–water partition coefficient (Wildman–Crippen LogP) is 3.46. The standard InChI is InChI=1S/C9H11BrO2S2/c1-6(9(11)12)4-13-5-8-7(10)2-3-14-8/h2-3,6H,4-5H2,1H3,(H,11,12). The third kappa shape index (κ3) is 3.63. The molecule has 1 aromatic heterocycles. The monoisotopic (exact) mass is 294 g/mol. The molecule has 0 spiro atoms. The summed E-state index contributed by atoms with van der Waals surface area (Å²) in [5.41, 5.74) is 0. The topological polar surface area (TPSA) is 37.3 Å². The zero-order valence-corrected chi connectivity index (χ0v) is 10.9. The number of carboxylic acids is 1. The van der Waals surface area contributed by atoms with Gasteiger partial charge in [0.05, 0.1) is 5.92 Å². The quantitative estimate of drug-likeness (QED) is 0.904. The van der Waals surface area contributed by atoms with E-state index in [1.807, 2.05) is 11.4 Å². The Morgan fingerprint density at radius 1 is 1.79 bits per heavy atom. The van der Waals surface area contributed by atoms with Crippen LogP contribution in [0, 0.1) is 5.92 Å². The summed E-state index contributed by atoms with van der Waals surface area (Å²) in [5, 5.41) is 10.7. The maximum absolute atomic E-state index is 10.5. The van der Waals surface area contributed by atoms with Crippen molar-refractivity contribution in [2.45, 2.75) is 12.7 Å². The highest BCUT2D eigenvalue weighted by Crippen LogP contribution is 2.27. The summed E-state index contributed by atoms with van der Waals surface area (Å²) in [5.74, 6) is 0.566. The van der Waals surface area contributed by atoms with E-state index < -0.39 is 5.97 Å². The van der Waals surface area contributed by atoms with E-state index >= 15 is 0 Å². The average molecular weight is 295 g/mol. The number of thiophene rings is 1. The van der Waals surface area contributed by atoms with Crippen LogP contribution in [0.15, 0.2) is 15.9 Å². The van der Waals surface area contributed by atoms with Crippen molar-refractivity contribution in [2.24, 2.45) is 5.92 Å². The maximum atomic E-state index is 10.5. The van der Waals surface area contributed by atoms with E-state index in [1.54, 1.807) is 30.0 Å². The largest absolute Gasteiger partial charge is 0.481 e. The lowest BCUT2D eigenvalue weighted by atomic mass is 10.2. The van der Waals surface area contributed by atoms with Crippen molar-refractivity contribution in [2.75, 3.05) is 5.75 Å². The number of aliphatic carboxylic acids is 1. The van der Waals surface area contributed by atoms with Gasteiger partial charge in [0, 0.05) is 20.9 Å². The van der Waals surface area contributed by atoms with Gasteiger partial charge in [0.1, 0.15) is 0 Å². The predicted molar refractivity (Wildman–Crippen MR) is 65.0 cm³/mol.